The molecule has 1 unspecified atom stereocenters. The molecule has 0 aromatic rings. The van der Waals surface area contributed by atoms with Gasteiger partial charge in [-0.2, -0.15) is 0 Å². The van der Waals surface area contributed by atoms with Gasteiger partial charge < -0.3 is 14.8 Å². The van der Waals surface area contributed by atoms with Crippen LogP contribution in [0.15, 0.2) is 0 Å². The van der Waals surface area contributed by atoms with E-state index < -0.39 is 5.60 Å². The van der Waals surface area contributed by atoms with E-state index in [0.29, 0.717) is 12.5 Å². The van der Waals surface area contributed by atoms with Gasteiger partial charge in [0.25, 0.3) is 0 Å². The molecule has 0 radical (unpaired) electrons. The third kappa shape index (κ3) is 6.08. The third-order valence-corrected chi connectivity index (χ3v) is 2.44. The number of ether oxygens (including phenoxy) is 2. The quantitative estimate of drug-likeness (QED) is 0.571. The lowest BCUT2D eigenvalue weighted by atomic mass is 10.1. The summed E-state index contributed by atoms with van der Waals surface area (Å²) in [5.41, 5.74) is -0.391. The summed E-state index contributed by atoms with van der Waals surface area (Å²) in [5, 5.41) is 3.10. The molecular weight excluding hydrogens is 206 g/mol. The molecule has 0 saturated carbocycles. The Bertz CT molecular complexity index is 217. The molecule has 94 valence electrons. The Balaban J connectivity index is 2.00. The highest BCUT2D eigenvalue weighted by Crippen LogP contribution is 2.15. The van der Waals surface area contributed by atoms with Gasteiger partial charge in [-0.15, -0.1) is 0 Å². The number of esters is 1. The topological polar surface area (TPSA) is 47.6 Å². The van der Waals surface area contributed by atoms with Crippen LogP contribution in [0.25, 0.3) is 0 Å². The minimum absolute atomic E-state index is 0.185. The molecular formula is C12H23NO3. The van der Waals surface area contributed by atoms with Crippen LogP contribution in [0, 0.1) is 5.92 Å². The number of nitrogens with one attached hydrogen (secondary N) is 1. The first-order valence-corrected chi connectivity index (χ1v) is 5.98. The maximum Gasteiger partial charge on any atom is 0.320 e. The molecule has 1 fully saturated rings. The first-order chi connectivity index (χ1) is 7.47. The Hall–Kier alpha value is -0.610. The Kier molecular flexibility index (Phi) is 5.22. The average molecular weight is 229 g/mol. The zero-order valence-electron chi connectivity index (χ0n) is 10.5. The van der Waals surface area contributed by atoms with Crippen LogP contribution >= 0.6 is 0 Å². The molecule has 0 aliphatic carbocycles. The van der Waals surface area contributed by atoms with Gasteiger partial charge in [0.05, 0.1) is 6.54 Å². The van der Waals surface area contributed by atoms with E-state index in [1.54, 1.807) is 0 Å². The average Bonchev–Trinajstić information content (AvgIpc) is 2.62. The normalized spacial score (nSPS) is 21.1. The van der Waals surface area contributed by atoms with Crippen molar-refractivity contribution < 1.29 is 14.3 Å². The molecule has 1 saturated heterocycles. The molecule has 1 atom stereocenters. The summed E-state index contributed by atoms with van der Waals surface area (Å²) in [6.07, 6.45) is 2.22. The van der Waals surface area contributed by atoms with Crippen molar-refractivity contribution in [2.75, 3.05) is 26.3 Å². The lowest BCUT2D eigenvalue weighted by molar-refractivity contribution is -0.153. The second-order valence-electron chi connectivity index (χ2n) is 5.28. The molecule has 4 heteroatoms. The summed E-state index contributed by atoms with van der Waals surface area (Å²) in [5.74, 6) is 0.473. The molecule has 4 nitrogen and oxygen atoms in total. The van der Waals surface area contributed by atoms with Gasteiger partial charge in [-0.05, 0) is 46.1 Å². The fourth-order valence-electron chi connectivity index (χ4n) is 1.69. The zero-order valence-corrected chi connectivity index (χ0v) is 10.5. The van der Waals surface area contributed by atoms with E-state index in [1.165, 1.54) is 0 Å². The highest BCUT2D eigenvalue weighted by atomic mass is 16.6. The van der Waals surface area contributed by atoms with Crippen molar-refractivity contribution >= 4 is 5.97 Å². The molecule has 1 aliphatic heterocycles. The molecule has 16 heavy (non-hydrogen) atoms. The van der Waals surface area contributed by atoms with Crippen molar-refractivity contribution in [2.24, 2.45) is 5.92 Å². The highest BCUT2D eigenvalue weighted by Gasteiger charge is 2.17. The van der Waals surface area contributed by atoms with E-state index in [9.17, 15) is 4.79 Å². The van der Waals surface area contributed by atoms with Crippen LogP contribution in [-0.4, -0.2) is 37.9 Å². The van der Waals surface area contributed by atoms with Gasteiger partial charge >= 0.3 is 5.97 Å². The Morgan fingerprint density at radius 1 is 1.50 bits per heavy atom. The highest BCUT2D eigenvalue weighted by molar-refractivity contribution is 5.72. The zero-order chi connectivity index (χ0) is 12.0. The fourth-order valence-corrected chi connectivity index (χ4v) is 1.69. The van der Waals surface area contributed by atoms with Crippen LogP contribution in [0.1, 0.15) is 33.6 Å². The second kappa shape index (κ2) is 6.21. The Morgan fingerprint density at radius 3 is 2.81 bits per heavy atom. The Labute approximate surface area is 97.7 Å². The van der Waals surface area contributed by atoms with Gasteiger partial charge in [0.2, 0.25) is 0 Å². The summed E-state index contributed by atoms with van der Waals surface area (Å²) >= 11 is 0. The van der Waals surface area contributed by atoms with E-state index in [0.717, 1.165) is 32.6 Å². The van der Waals surface area contributed by atoms with Gasteiger partial charge in [-0.3, -0.25) is 4.79 Å². The Morgan fingerprint density at radius 2 is 2.25 bits per heavy atom. The van der Waals surface area contributed by atoms with Crippen LogP contribution in [0.3, 0.4) is 0 Å². The van der Waals surface area contributed by atoms with Crippen molar-refractivity contribution in [1.29, 1.82) is 0 Å². The number of hydrogen-bond donors (Lipinski definition) is 1. The molecule has 0 spiro atoms. The van der Waals surface area contributed by atoms with Gasteiger partial charge in [-0.1, -0.05) is 0 Å². The second-order valence-corrected chi connectivity index (χ2v) is 5.28. The van der Waals surface area contributed by atoms with Crippen molar-refractivity contribution in [2.45, 2.75) is 39.2 Å². The molecule has 0 aromatic carbocycles. The fraction of sp³-hybridized carbons (Fsp3) is 0.917. The van der Waals surface area contributed by atoms with Crippen LogP contribution in [0.2, 0.25) is 0 Å². The van der Waals surface area contributed by atoms with E-state index in [-0.39, 0.29) is 5.97 Å². The number of carbonyl (C=O) groups excluding carboxylic acids is 1. The van der Waals surface area contributed by atoms with Gasteiger partial charge in [0.15, 0.2) is 0 Å². The molecule has 1 rings (SSSR count). The van der Waals surface area contributed by atoms with Crippen molar-refractivity contribution in [3.8, 4) is 0 Å². The lowest BCUT2D eigenvalue weighted by Gasteiger charge is -2.19. The van der Waals surface area contributed by atoms with E-state index in [1.807, 2.05) is 20.8 Å². The molecule has 1 aliphatic rings. The van der Waals surface area contributed by atoms with Crippen molar-refractivity contribution in [3.05, 3.63) is 0 Å². The monoisotopic (exact) mass is 229 g/mol. The number of carbonyl (C=O) groups is 1. The summed E-state index contributed by atoms with van der Waals surface area (Å²) in [6, 6.07) is 0. The van der Waals surface area contributed by atoms with Gasteiger partial charge in [-0.25, -0.2) is 0 Å². The molecule has 0 aromatic heterocycles. The van der Waals surface area contributed by atoms with Gasteiger partial charge in [0, 0.05) is 13.2 Å². The number of rotatable bonds is 5. The summed E-state index contributed by atoms with van der Waals surface area (Å²) in [7, 11) is 0. The van der Waals surface area contributed by atoms with Crippen LogP contribution in [0.4, 0.5) is 0 Å². The third-order valence-electron chi connectivity index (χ3n) is 2.44. The lowest BCUT2D eigenvalue weighted by Crippen LogP contribution is -2.32. The van der Waals surface area contributed by atoms with E-state index in [2.05, 4.69) is 5.32 Å². The standard InChI is InChI=1S/C12H23NO3/c1-12(2,3)16-11(14)8-13-6-4-10-5-7-15-9-10/h10,13H,4-9H2,1-3H3. The SMILES string of the molecule is CC(C)(C)OC(=O)CNCCC1CCOC1. The molecule has 0 amide bonds. The van der Waals surface area contributed by atoms with Crippen molar-refractivity contribution in [3.63, 3.8) is 0 Å². The molecule has 1 heterocycles. The van der Waals surface area contributed by atoms with Crippen LogP contribution in [0.5, 0.6) is 0 Å². The maximum absolute atomic E-state index is 11.3. The van der Waals surface area contributed by atoms with Crippen LogP contribution < -0.4 is 5.32 Å². The van der Waals surface area contributed by atoms with Crippen molar-refractivity contribution in [1.82, 2.24) is 5.32 Å². The maximum atomic E-state index is 11.3. The summed E-state index contributed by atoms with van der Waals surface area (Å²) in [4.78, 5) is 11.3. The predicted molar refractivity (Wildman–Crippen MR) is 62.3 cm³/mol. The summed E-state index contributed by atoms with van der Waals surface area (Å²) in [6.45, 7) is 8.53. The minimum Gasteiger partial charge on any atom is -0.459 e. The smallest absolute Gasteiger partial charge is 0.320 e. The predicted octanol–water partition coefficient (Wildman–Crippen LogP) is 1.34. The van der Waals surface area contributed by atoms with E-state index in [4.69, 9.17) is 9.47 Å². The van der Waals surface area contributed by atoms with E-state index >= 15 is 0 Å². The van der Waals surface area contributed by atoms with Gasteiger partial charge in [0.1, 0.15) is 5.60 Å². The first kappa shape index (κ1) is 13.5. The molecule has 0 bridgehead atoms. The molecule has 1 N–H and O–H groups in total. The first-order valence-electron chi connectivity index (χ1n) is 5.98. The number of hydrogen-bond acceptors (Lipinski definition) is 4. The summed E-state index contributed by atoms with van der Waals surface area (Å²) < 4.78 is 10.5. The minimum atomic E-state index is -0.391. The van der Waals surface area contributed by atoms with Crippen LogP contribution in [-0.2, 0) is 14.3 Å². The largest absolute Gasteiger partial charge is 0.459 e.